The third-order valence-corrected chi connectivity index (χ3v) is 3.09. The van der Waals surface area contributed by atoms with E-state index in [4.69, 9.17) is 23.2 Å². The number of allylic oxidation sites excluding steroid dienone is 1. The van der Waals surface area contributed by atoms with Crippen molar-refractivity contribution in [1.82, 2.24) is 0 Å². The van der Waals surface area contributed by atoms with E-state index >= 15 is 0 Å². The van der Waals surface area contributed by atoms with E-state index in [1.54, 1.807) is 60.7 Å². The number of ketones is 2. The molecule has 2 nitrogen and oxygen atoms in total. The smallest absolute Gasteiger partial charge is 0.199 e. The largest absolute Gasteiger partial charge is 0.288 e. The van der Waals surface area contributed by atoms with Crippen LogP contribution in [0.5, 0.6) is 0 Å². The highest BCUT2D eigenvalue weighted by Crippen LogP contribution is 2.22. The molecule has 0 radical (unpaired) electrons. The van der Waals surface area contributed by atoms with Crippen LogP contribution in [0.3, 0.4) is 0 Å². The quantitative estimate of drug-likeness (QED) is 0.362. The number of Topliss-reactive ketones (excluding diaryl/α,β-unsaturated/α-hetero) is 2. The topological polar surface area (TPSA) is 34.1 Å². The van der Waals surface area contributed by atoms with E-state index in [9.17, 15) is 9.59 Å². The first kappa shape index (κ1) is 14.5. The van der Waals surface area contributed by atoms with Crippen molar-refractivity contribution in [3.8, 4) is 0 Å². The molecule has 2 aromatic carbocycles. The van der Waals surface area contributed by atoms with Gasteiger partial charge < -0.3 is 0 Å². The minimum atomic E-state index is -0.487. The fourth-order valence-electron chi connectivity index (χ4n) is 1.74. The second kappa shape index (κ2) is 6.51. The molecule has 0 amide bonds. The van der Waals surface area contributed by atoms with Gasteiger partial charge in [-0.15, -0.1) is 0 Å². The molecule has 0 spiro atoms. The second-order valence-corrected chi connectivity index (χ2v) is 4.98. The number of benzene rings is 2. The van der Waals surface area contributed by atoms with Crippen molar-refractivity contribution in [3.05, 3.63) is 81.9 Å². The fraction of sp³-hybridized carbons (Fsp3) is 0. The fourth-order valence-corrected chi connectivity index (χ4v) is 2.09. The molecule has 0 bridgehead atoms. The van der Waals surface area contributed by atoms with Crippen LogP contribution in [0.4, 0.5) is 0 Å². The number of carbonyl (C=O) groups excluding carboxylic acids is 2. The summed E-state index contributed by atoms with van der Waals surface area (Å²) in [5.41, 5.74) is 0.516. The summed E-state index contributed by atoms with van der Waals surface area (Å²) in [7, 11) is 0. The summed E-state index contributed by atoms with van der Waals surface area (Å²) < 4.78 is -0.326. The Morgan fingerprint density at radius 1 is 0.650 bits per heavy atom. The van der Waals surface area contributed by atoms with Crippen LogP contribution in [0.25, 0.3) is 0 Å². The van der Waals surface area contributed by atoms with Gasteiger partial charge in [-0.2, -0.15) is 0 Å². The standard InChI is InChI=1S/C16H10Cl2O2/c17-16(18)13(14(19)11-7-3-1-4-8-11)15(20)12-9-5-2-6-10-12/h1-10H. The molecule has 4 heteroatoms. The Kier molecular flexibility index (Phi) is 4.72. The molecule has 0 saturated carbocycles. The van der Waals surface area contributed by atoms with Gasteiger partial charge in [-0.3, -0.25) is 9.59 Å². The van der Waals surface area contributed by atoms with E-state index in [1.807, 2.05) is 0 Å². The minimum Gasteiger partial charge on any atom is -0.288 e. The van der Waals surface area contributed by atoms with Gasteiger partial charge in [0.1, 0.15) is 10.1 Å². The molecule has 0 heterocycles. The average molecular weight is 305 g/mol. The molecular weight excluding hydrogens is 295 g/mol. The predicted octanol–water partition coefficient (Wildman–Crippen LogP) is 4.44. The molecule has 20 heavy (non-hydrogen) atoms. The summed E-state index contributed by atoms with van der Waals surface area (Å²) in [5, 5.41) is 0. The van der Waals surface area contributed by atoms with Crippen LogP contribution >= 0.6 is 23.2 Å². The first-order chi connectivity index (χ1) is 9.61. The van der Waals surface area contributed by atoms with E-state index in [0.29, 0.717) is 11.1 Å². The molecule has 0 fully saturated rings. The summed E-state index contributed by atoms with van der Waals surface area (Å²) in [4.78, 5) is 24.7. The summed E-state index contributed by atoms with van der Waals surface area (Å²) >= 11 is 11.5. The Morgan fingerprint density at radius 2 is 1.00 bits per heavy atom. The Balaban J connectivity index is 2.42. The Hall–Kier alpha value is -1.90. The van der Waals surface area contributed by atoms with E-state index in [-0.39, 0.29) is 10.1 Å². The monoisotopic (exact) mass is 304 g/mol. The van der Waals surface area contributed by atoms with Gasteiger partial charge >= 0.3 is 0 Å². The lowest BCUT2D eigenvalue weighted by Gasteiger charge is -2.06. The maximum absolute atomic E-state index is 12.4. The van der Waals surface area contributed by atoms with Crippen LogP contribution in [0.15, 0.2) is 70.7 Å². The molecule has 0 N–H and O–H groups in total. The van der Waals surface area contributed by atoms with E-state index < -0.39 is 11.6 Å². The molecule has 2 aromatic rings. The molecule has 0 aliphatic carbocycles. The molecule has 0 aromatic heterocycles. The minimum absolute atomic E-state index is 0.217. The highest BCUT2D eigenvalue weighted by Gasteiger charge is 2.24. The maximum atomic E-state index is 12.4. The highest BCUT2D eigenvalue weighted by atomic mass is 35.5. The second-order valence-electron chi connectivity index (χ2n) is 4.03. The highest BCUT2D eigenvalue weighted by molar-refractivity contribution is 6.60. The van der Waals surface area contributed by atoms with Crippen LogP contribution in [-0.4, -0.2) is 11.6 Å². The lowest BCUT2D eigenvalue weighted by Crippen LogP contribution is -2.14. The zero-order valence-corrected chi connectivity index (χ0v) is 11.9. The van der Waals surface area contributed by atoms with Crippen molar-refractivity contribution in [2.45, 2.75) is 0 Å². The van der Waals surface area contributed by atoms with Gasteiger partial charge in [0.2, 0.25) is 0 Å². The average Bonchev–Trinajstić information content (AvgIpc) is 2.48. The first-order valence-corrected chi connectivity index (χ1v) is 6.61. The molecule has 100 valence electrons. The normalized spacial score (nSPS) is 9.90. The number of hydrogen-bond donors (Lipinski definition) is 0. The van der Waals surface area contributed by atoms with Crippen LogP contribution < -0.4 is 0 Å². The van der Waals surface area contributed by atoms with Crippen molar-refractivity contribution in [3.63, 3.8) is 0 Å². The van der Waals surface area contributed by atoms with E-state index in [0.717, 1.165) is 0 Å². The SMILES string of the molecule is O=C(C(C(=O)c1ccccc1)=C(Cl)Cl)c1ccccc1. The van der Waals surface area contributed by atoms with Crippen LogP contribution in [-0.2, 0) is 0 Å². The van der Waals surface area contributed by atoms with Crippen molar-refractivity contribution >= 4 is 34.8 Å². The molecule has 2 rings (SSSR count). The lowest BCUT2D eigenvalue weighted by atomic mass is 9.97. The van der Waals surface area contributed by atoms with Crippen molar-refractivity contribution in [2.75, 3.05) is 0 Å². The Labute approximate surface area is 126 Å². The van der Waals surface area contributed by atoms with Gasteiger partial charge in [0.05, 0.1) is 0 Å². The number of halogens is 2. The number of rotatable bonds is 4. The van der Waals surface area contributed by atoms with Gasteiger partial charge in [-0.25, -0.2) is 0 Å². The van der Waals surface area contributed by atoms with Crippen LogP contribution in [0, 0.1) is 0 Å². The summed E-state index contributed by atoms with van der Waals surface area (Å²) in [5.74, 6) is -0.973. The molecular formula is C16H10Cl2O2. The Bertz CT molecular complexity index is 604. The van der Waals surface area contributed by atoms with Crippen molar-refractivity contribution in [1.29, 1.82) is 0 Å². The van der Waals surface area contributed by atoms with E-state index in [1.165, 1.54) is 0 Å². The van der Waals surface area contributed by atoms with Gasteiger partial charge in [-0.05, 0) is 0 Å². The summed E-state index contributed by atoms with van der Waals surface area (Å²) in [6.45, 7) is 0. The van der Waals surface area contributed by atoms with Gasteiger partial charge in [-0.1, -0.05) is 83.9 Å². The molecule has 0 atom stereocenters. The zero-order valence-electron chi connectivity index (χ0n) is 10.3. The van der Waals surface area contributed by atoms with Crippen molar-refractivity contribution in [2.24, 2.45) is 0 Å². The number of hydrogen-bond acceptors (Lipinski definition) is 2. The molecule has 0 saturated heterocycles. The van der Waals surface area contributed by atoms with Crippen LogP contribution in [0.1, 0.15) is 20.7 Å². The maximum Gasteiger partial charge on any atom is 0.199 e. The molecule has 0 aliphatic rings. The van der Waals surface area contributed by atoms with Gasteiger partial charge in [0.15, 0.2) is 11.6 Å². The predicted molar refractivity (Wildman–Crippen MR) is 80.3 cm³/mol. The summed E-state index contributed by atoms with van der Waals surface area (Å²) in [6.07, 6.45) is 0. The third-order valence-electron chi connectivity index (χ3n) is 2.72. The summed E-state index contributed by atoms with van der Waals surface area (Å²) in [6, 6.07) is 16.8. The Morgan fingerprint density at radius 3 is 1.30 bits per heavy atom. The molecule has 0 aliphatic heterocycles. The van der Waals surface area contributed by atoms with Crippen molar-refractivity contribution < 1.29 is 9.59 Å². The van der Waals surface area contributed by atoms with Crippen LogP contribution in [0.2, 0.25) is 0 Å². The van der Waals surface area contributed by atoms with Gasteiger partial charge in [0, 0.05) is 11.1 Å². The first-order valence-electron chi connectivity index (χ1n) is 5.86. The molecule has 0 unspecified atom stereocenters. The lowest BCUT2D eigenvalue weighted by molar-refractivity contribution is 0.0962. The van der Waals surface area contributed by atoms with E-state index in [2.05, 4.69) is 0 Å². The number of carbonyl (C=O) groups is 2. The zero-order chi connectivity index (χ0) is 14.5. The van der Waals surface area contributed by atoms with Gasteiger partial charge in [0.25, 0.3) is 0 Å². The third kappa shape index (κ3) is 3.16.